The molecule has 2 amide bonds. The van der Waals surface area contributed by atoms with Crippen LogP contribution in [0, 0.1) is 0 Å². The van der Waals surface area contributed by atoms with Crippen molar-refractivity contribution in [3.63, 3.8) is 0 Å². The summed E-state index contributed by atoms with van der Waals surface area (Å²) in [6.07, 6.45) is 1.21. The van der Waals surface area contributed by atoms with Crippen molar-refractivity contribution in [3.05, 3.63) is 30.3 Å². The van der Waals surface area contributed by atoms with E-state index in [1.807, 2.05) is 27.7 Å². The van der Waals surface area contributed by atoms with E-state index in [0.717, 1.165) is 0 Å². The zero-order valence-electron chi connectivity index (χ0n) is 15.4. The molecule has 0 aliphatic carbocycles. The minimum Gasteiger partial charge on any atom is -0.345 e. The van der Waals surface area contributed by atoms with Crippen LogP contribution in [0.25, 0.3) is 0 Å². The second kappa shape index (κ2) is 6.98. The molecule has 4 N–H and O–H groups in total. The Bertz CT molecular complexity index is 774. The van der Waals surface area contributed by atoms with E-state index in [9.17, 15) is 18.0 Å². The summed E-state index contributed by atoms with van der Waals surface area (Å²) in [6.45, 7) is 8.02. The molecular weight excluding hydrogens is 356 g/mol. The van der Waals surface area contributed by atoms with Gasteiger partial charge in [0.2, 0.25) is 0 Å². The van der Waals surface area contributed by atoms with E-state index in [2.05, 4.69) is 10.6 Å². The third-order valence-electron chi connectivity index (χ3n) is 4.22. The number of rotatable bonds is 3. The Morgan fingerprint density at radius 3 is 2.12 bits per heavy atom. The fourth-order valence-electron chi connectivity index (χ4n) is 3.59. The molecular formula is C17H26N4O4S. The van der Waals surface area contributed by atoms with Gasteiger partial charge in [-0.05, 0) is 52.7 Å². The van der Waals surface area contributed by atoms with Crippen LogP contribution >= 0.6 is 0 Å². The van der Waals surface area contributed by atoms with Crippen molar-refractivity contribution in [2.75, 3.05) is 0 Å². The van der Waals surface area contributed by atoms with Crippen LogP contribution in [0.2, 0.25) is 0 Å². The number of hydrogen-bond donors (Lipinski definition) is 3. The number of hydrazine groups is 1. The average molecular weight is 382 g/mol. The van der Waals surface area contributed by atoms with E-state index in [1.165, 1.54) is 24.3 Å². The molecule has 1 aliphatic heterocycles. The predicted molar refractivity (Wildman–Crippen MR) is 97.1 cm³/mol. The monoisotopic (exact) mass is 382 g/mol. The molecule has 9 heteroatoms. The Kier molecular flexibility index (Phi) is 5.46. The molecule has 0 bridgehead atoms. The van der Waals surface area contributed by atoms with Gasteiger partial charge in [0.15, 0.2) is 0 Å². The van der Waals surface area contributed by atoms with Gasteiger partial charge in [-0.25, -0.2) is 5.84 Å². The predicted octanol–water partition coefficient (Wildman–Crippen LogP) is 0.503. The summed E-state index contributed by atoms with van der Waals surface area (Å²) in [6, 6.07) is 6.98. The normalized spacial score (nSPS) is 19.6. The van der Waals surface area contributed by atoms with Crippen molar-refractivity contribution < 1.29 is 18.0 Å². The van der Waals surface area contributed by atoms with Crippen LogP contribution in [0.4, 0.5) is 0 Å². The average Bonchev–Trinajstić information content (AvgIpc) is 2.51. The van der Waals surface area contributed by atoms with E-state index < -0.39 is 21.8 Å². The molecule has 0 radical (unpaired) electrons. The molecule has 1 saturated heterocycles. The van der Waals surface area contributed by atoms with Gasteiger partial charge in [-0.3, -0.25) is 9.59 Å². The third-order valence-corrected chi connectivity index (χ3v) is 5.77. The number of nitrogens with two attached hydrogens (primary N) is 1. The standard InChI is InChI=1S/C17H26N4O4S/c1-16(2)10-12(11-17(3,4)20-16)19-14(22)15(23)21(18)26(24,25)13-8-6-5-7-9-13/h5-9,12,20H,10-11,18H2,1-4H3,(H,19,22). The maximum absolute atomic E-state index is 12.4. The van der Waals surface area contributed by atoms with Crippen molar-refractivity contribution in [1.82, 2.24) is 15.0 Å². The maximum atomic E-state index is 12.4. The summed E-state index contributed by atoms with van der Waals surface area (Å²) in [5, 5.41) is 6.09. The van der Waals surface area contributed by atoms with E-state index >= 15 is 0 Å². The van der Waals surface area contributed by atoms with Crippen molar-refractivity contribution in [3.8, 4) is 0 Å². The molecule has 1 heterocycles. The van der Waals surface area contributed by atoms with Gasteiger partial charge in [0, 0.05) is 17.1 Å². The first-order valence-electron chi connectivity index (χ1n) is 8.33. The fourth-order valence-corrected chi connectivity index (χ4v) is 4.62. The topological polar surface area (TPSA) is 122 Å². The summed E-state index contributed by atoms with van der Waals surface area (Å²) in [5.41, 5.74) is -0.470. The third kappa shape index (κ3) is 4.60. The number of hydrogen-bond acceptors (Lipinski definition) is 6. The van der Waals surface area contributed by atoms with Gasteiger partial charge in [-0.15, -0.1) is 0 Å². The molecule has 26 heavy (non-hydrogen) atoms. The van der Waals surface area contributed by atoms with Gasteiger partial charge in [0.05, 0.1) is 4.90 Å². The van der Waals surface area contributed by atoms with E-state index in [1.54, 1.807) is 6.07 Å². The second-order valence-corrected chi connectivity index (χ2v) is 9.71. The summed E-state index contributed by atoms with van der Waals surface area (Å²) in [5.74, 6) is 3.11. The molecule has 1 fully saturated rings. The molecule has 1 aromatic rings. The van der Waals surface area contributed by atoms with Crippen LogP contribution in [-0.2, 0) is 19.6 Å². The molecule has 1 aromatic carbocycles. The first-order valence-corrected chi connectivity index (χ1v) is 9.77. The summed E-state index contributed by atoms with van der Waals surface area (Å²) < 4.78 is 24.7. The highest BCUT2D eigenvalue weighted by atomic mass is 32.2. The number of piperidine rings is 1. The Labute approximate surface area is 154 Å². The lowest BCUT2D eigenvalue weighted by atomic mass is 9.79. The van der Waals surface area contributed by atoms with Crippen LogP contribution in [0.1, 0.15) is 40.5 Å². The van der Waals surface area contributed by atoms with Crippen molar-refractivity contribution in [2.45, 2.75) is 62.6 Å². The molecule has 1 aliphatic rings. The van der Waals surface area contributed by atoms with Crippen molar-refractivity contribution in [2.24, 2.45) is 5.84 Å². The Morgan fingerprint density at radius 1 is 1.12 bits per heavy atom. The van der Waals surface area contributed by atoms with Crippen LogP contribution in [0.3, 0.4) is 0 Å². The van der Waals surface area contributed by atoms with Gasteiger partial charge in [0.25, 0.3) is 10.0 Å². The maximum Gasteiger partial charge on any atom is 0.340 e. The quantitative estimate of drug-likeness (QED) is 0.303. The minimum atomic E-state index is -4.28. The van der Waals surface area contributed by atoms with Crippen molar-refractivity contribution >= 4 is 21.8 Å². The second-order valence-electron chi connectivity index (χ2n) is 7.89. The highest BCUT2D eigenvalue weighted by molar-refractivity contribution is 7.89. The lowest BCUT2D eigenvalue weighted by Gasteiger charge is -2.46. The summed E-state index contributed by atoms with van der Waals surface area (Å²) >= 11 is 0. The van der Waals surface area contributed by atoms with E-state index in [0.29, 0.717) is 12.8 Å². The van der Waals surface area contributed by atoms with Crippen LogP contribution in [0.5, 0.6) is 0 Å². The van der Waals surface area contributed by atoms with Gasteiger partial charge in [-0.1, -0.05) is 18.2 Å². The van der Waals surface area contributed by atoms with Crippen LogP contribution in [-0.4, -0.2) is 41.8 Å². The number of benzene rings is 1. The zero-order chi connectivity index (χ0) is 19.8. The molecule has 144 valence electrons. The largest absolute Gasteiger partial charge is 0.345 e. The molecule has 8 nitrogen and oxygen atoms in total. The smallest absolute Gasteiger partial charge is 0.340 e. The summed E-state index contributed by atoms with van der Waals surface area (Å²) in [4.78, 5) is 24.4. The number of amides is 2. The van der Waals surface area contributed by atoms with Gasteiger partial charge >= 0.3 is 11.8 Å². The first kappa shape index (κ1) is 20.3. The van der Waals surface area contributed by atoms with E-state index in [4.69, 9.17) is 5.84 Å². The molecule has 0 unspecified atom stereocenters. The molecule has 0 aromatic heterocycles. The Balaban J connectivity index is 2.11. The number of carbonyl (C=O) groups is 2. The summed E-state index contributed by atoms with van der Waals surface area (Å²) in [7, 11) is -4.28. The van der Waals surface area contributed by atoms with E-state index in [-0.39, 0.29) is 26.4 Å². The number of sulfonamides is 1. The molecule has 0 atom stereocenters. The number of nitrogens with zero attached hydrogens (tertiary/aromatic N) is 1. The van der Waals surface area contributed by atoms with Crippen molar-refractivity contribution in [1.29, 1.82) is 0 Å². The lowest BCUT2D eigenvalue weighted by molar-refractivity contribution is -0.143. The van der Waals surface area contributed by atoms with Gasteiger partial charge in [0.1, 0.15) is 0 Å². The molecule has 0 spiro atoms. The minimum absolute atomic E-state index is 0.00493. The van der Waals surface area contributed by atoms with Crippen LogP contribution in [0.15, 0.2) is 35.2 Å². The fraction of sp³-hybridized carbons (Fsp3) is 0.529. The SMILES string of the molecule is CC1(C)CC(NC(=O)C(=O)N(N)S(=O)(=O)c2ccccc2)CC(C)(C)N1. The Hall–Kier alpha value is -1.97. The molecule has 2 rings (SSSR count). The first-order chi connectivity index (χ1) is 11.8. The van der Waals surface area contributed by atoms with Gasteiger partial charge < -0.3 is 10.6 Å². The zero-order valence-corrected chi connectivity index (χ0v) is 16.3. The van der Waals surface area contributed by atoms with Crippen LogP contribution < -0.4 is 16.5 Å². The highest BCUT2D eigenvalue weighted by Crippen LogP contribution is 2.28. The number of carbonyl (C=O) groups excluding carboxylic acids is 2. The highest BCUT2D eigenvalue weighted by Gasteiger charge is 2.40. The molecule has 0 saturated carbocycles. The Morgan fingerprint density at radius 2 is 1.62 bits per heavy atom. The number of nitrogens with one attached hydrogen (secondary N) is 2. The van der Waals surface area contributed by atoms with Gasteiger partial charge in [-0.2, -0.15) is 12.8 Å². The lowest BCUT2D eigenvalue weighted by Crippen LogP contribution is -2.63.